The maximum atomic E-state index is 13.0. The molecular formula is C42H48N6O14S. The van der Waals surface area contributed by atoms with Crippen molar-refractivity contribution in [3.63, 3.8) is 0 Å². The molecule has 0 bridgehead atoms. The lowest BCUT2D eigenvalue weighted by Crippen LogP contribution is -2.64. The number of carbonyl (C=O) groups is 5. The first-order valence-electron chi connectivity index (χ1n) is 20.0. The number of benzene rings is 2. The largest absolute Gasteiger partial charge is 0.492 e. The molecule has 20 nitrogen and oxygen atoms in total. The molecule has 5 aromatic rings. The van der Waals surface area contributed by atoms with E-state index in [1.807, 2.05) is 36.5 Å². The quantitative estimate of drug-likeness (QED) is 0.109. The lowest BCUT2D eigenvalue weighted by atomic mass is 9.91. The zero-order valence-electron chi connectivity index (χ0n) is 35.4. The van der Waals surface area contributed by atoms with E-state index < -0.39 is 66.0 Å². The molecule has 5 atom stereocenters. The summed E-state index contributed by atoms with van der Waals surface area (Å²) in [4.78, 5) is 70.1. The molecule has 2 saturated heterocycles. The zero-order chi connectivity index (χ0) is 44.8. The van der Waals surface area contributed by atoms with E-state index >= 15 is 0 Å². The normalized spacial score (nSPS) is 20.5. The van der Waals surface area contributed by atoms with Gasteiger partial charge >= 0.3 is 29.9 Å². The SMILES string of the molecule is COC(=O)C1O[C@@H](OCC(C)(C)c2cc(NC(=O)Nc3ccc(-c4cn5c(n4)sc4cc(OCCN6CCOCC6)ccc45)cc3)no2)C(OC(C)=O)C(OC(C)=O)C1OC(C)=O. The van der Waals surface area contributed by atoms with Crippen LogP contribution in [0.15, 0.2) is 59.3 Å². The third kappa shape index (κ3) is 10.9. The Bertz CT molecular complexity index is 2440. The van der Waals surface area contributed by atoms with Crippen LogP contribution in [0.1, 0.15) is 40.4 Å². The summed E-state index contributed by atoms with van der Waals surface area (Å²) in [7, 11) is 1.09. The molecule has 0 saturated carbocycles. The highest BCUT2D eigenvalue weighted by atomic mass is 32.1. The van der Waals surface area contributed by atoms with E-state index in [-0.39, 0.29) is 18.2 Å². The summed E-state index contributed by atoms with van der Waals surface area (Å²) in [5.41, 5.74) is 2.22. The third-order valence-electron chi connectivity index (χ3n) is 10.1. The fourth-order valence-electron chi connectivity index (χ4n) is 7.06. The number of aromatic nitrogens is 3. The van der Waals surface area contributed by atoms with Gasteiger partial charge in [0.05, 0.1) is 42.8 Å². The molecule has 0 aliphatic carbocycles. The van der Waals surface area contributed by atoms with Gasteiger partial charge in [-0.3, -0.25) is 29.0 Å². The number of nitrogens with one attached hydrogen (secondary N) is 2. The topological polar surface area (TPSA) is 230 Å². The van der Waals surface area contributed by atoms with Crippen molar-refractivity contribution in [1.82, 2.24) is 19.4 Å². The third-order valence-corrected chi connectivity index (χ3v) is 11.2. The maximum absolute atomic E-state index is 13.0. The maximum Gasteiger partial charge on any atom is 0.339 e. The van der Waals surface area contributed by atoms with Gasteiger partial charge in [0.2, 0.25) is 0 Å². The number of nitrogens with zero attached hydrogens (tertiary/aromatic N) is 4. The smallest absolute Gasteiger partial charge is 0.339 e. The molecule has 2 fully saturated rings. The Morgan fingerprint density at radius 2 is 1.59 bits per heavy atom. The van der Waals surface area contributed by atoms with Gasteiger partial charge < -0.3 is 47.7 Å². The number of ether oxygens (including phenoxy) is 8. The van der Waals surface area contributed by atoms with E-state index in [9.17, 15) is 24.0 Å². The van der Waals surface area contributed by atoms with Crippen molar-refractivity contribution in [1.29, 1.82) is 0 Å². The summed E-state index contributed by atoms with van der Waals surface area (Å²) in [6.45, 7) is 11.4. The fourth-order valence-corrected chi connectivity index (χ4v) is 8.10. The van der Waals surface area contributed by atoms with E-state index in [0.29, 0.717) is 12.3 Å². The number of imidazole rings is 1. The van der Waals surface area contributed by atoms with Crippen LogP contribution in [0.25, 0.3) is 26.4 Å². The minimum absolute atomic E-state index is 0.0979. The molecule has 0 radical (unpaired) electrons. The predicted molar refractivity (Wildman–Crippen MR) is 224 cm³/mol. The summed E-state index contributed by atoms with van der Waals surface area (Å²) in [6.07, 6.45) is -5.66. The Morgan fingerprint density at radius 3 is 2.29 bits per heavy atom. The number of hydrogen-bond acceptors (Lipinski definition) is 18. The van der Waals surface area contributed by atoms with Crippen LogP contribution in [0.3, 0.4) is 0 Å². The van der Waals surface area contributed by atoms with Crippen LogP contribution < -0.4 is 15.4 Å². The Hall–Kier alpha value is -6.13. The van der Waals surface area contributed by atoms with E-state index in [0.717, 1.165) is 92.9 Å². The predicted octanol–water partition coefficient (Wildman–Crippen LogP) is 4.55. The van der Waals surface area contributed by atoms with Crippen LogP contribution in [-0.2, 0) is 57.8 Å². The summed E-state index contributed by atoms with van der Waals surface area (Å²) < 4.78 is 53.0. The number of rotatable bonds is 15. The van der Waals surface area contributed by atoms with Gasteiger partial charge in [0.1, 0.15) is 18.1 Å². The molecule has 2 N–H and O–H groups in total. The van der Waals surface area contributed by atoms with E-state index in [1.54, 1.807) is 37.3 Å². The first-order chi connectivity index (χ1) is 30.2. The van der Waals surface area contributed by atoms with E-state index in [4.69, 9.17) is 47.4 Å². The lowest BCUT2D eigenvalue weighted by Gasteiger charge is -2.43. The van der Waals surface area contributed by atoms with Crippen LogP contribution in [0.4, 0.5) is 16.3 Å². The number of fused-ring (bicyclic) bond motifs is 3. The average Bonchev–Trinajstić information content (AvgIpc) is 3.97. The molecule has 7 rings (SSSR count). The highest BCUT2D eigenvalue weighted by molar-refractivity contribution is 7.23. The molecule has 63 heavy (non-hydrogen) atoms. The van der Waals surface area contributed by atoms with Crippen LogP contribution >= 0.6 is 11.3 Å². The number of thiazole rings is 1. The molecule has 2 aromatic carbocycles. The second-order valence-electron chi connectivity index (χ2n) is 15.4. The molecule has 2 aliphatic heterocycles. The molecule has 4 unspecified atom stereocenters. The van der Waals surface area contributed by atoms with Gasteiger partial charge in [0.25, 0.3) is 0 Å². The highest BCUT2D eigenvalue weighted by Crippen LogP contribution is 2.34. The molecule has 0 spiro atoms. The van der Waals surface area contributed by atoms with Gasteiger partial charge in [-0.1, -0.05) is 42.5 Å². The van der Waals surface area contributed by atoms with Gasteiger partial charge in [0, 0.05) is 69.3 Å². The van der Waals surface area contributed by atoms with Crippen molar-refractivity contribution in [2.45, 2.75) is 70.7 Å². The second kappa shape index (κ2) is 19.5. The van der Waals surface area contributed by atoms with Crippen molar-refractivity contribution >= 4 is 67.9 Å². The zero-order valence-corrected chi connectivity index (χ0v) is 36.3. The molecular weight excluding hydrogens is 845 g/mol. The monoisotopic (exact) mass is 892 g/mol. The van der Waals surface area contributed by atoms with Gasteiger partial charge in [-0.25, -0.2) is 14.6 Å². The summed E-state index contributed by atoms with van der Waals surface area (Å²) in [5.74, 6) is -2.20. The minimum Gasteiger partial charge on any atom is -0.492 e. The van der Waals surface area contributed by atoms with Gasteiger partial charge in [-0.2, -0.15) is 0 Å². The summed E-state index contributed by atoms with van der Waals surface area (Å²) in [6, 6.07) is 14.2. The van der Waals surface area contributed by atoms with Gasteiger partial charge in [0.15, 0.2) is 41.5 Å². The van der Waals surface area contributed by atoms with Gasteiger partial charge in [-0.15, -0.1) is 0 Å². The van der Waals surface area contributed by atoms with Crippen LogP contribution in [-0.4, -0.2) is 133 Å². The van der Waals surface area contributed by atoms with Crippen molar-refractivity contribution in [2.24, 2.45) is 0 Å². The number of hydrogen-bond donors (Lipinski definition) is 2. The number of carbonyl (C=O) groups excluding carboxylic acids is 5. The lowest BCUT2D eigenvalue weighted by molar-refractivity contribution is -0.303. The number of esters is 4. The molecule has 336 valence electrons. The van der Waals surface area contributed by atoms with E-state index in [2.05, 4.69) is 25.1 Å². The Balaban J connectivity index is 0.947. The van der Waals surface area contributed by atoms with E-state index in [1.165, 1.54) is 6.07 Å². The van der Waals surface area contributed by atoms with Crippen molar-refractivity contribution in [3.05, 3.63) is 60.5 Å². The van der Waals surface area contributed by atoms with Crippen molar-refractivity contribution in [2.75, 3.05) is 63.8 Å². The van der Waals surface area contributed by atoms with Crippen molar-refractivity contribution < 1.29 is 66.4 Å². The molecule has 5 heterocycles. The van der Waals surface area contributed by atoms with Crippen LogP contribution in [0.2, 0.25) is 0 Å². The standard InChI is InChI=1S/C42H48N6O14S/c1-23(49)58-34-35(59-24(2)50)37(60-25(3)51)39(61-36(34)38(52)54-6)57-22-42(4,5)32-20-33(46-62-32)45-40(53)43-27-9-7-26(8-10-27)29-21-48-30-12-11-28(19-31(30)63-41(48)44-29)56-18-15-47-13-16-55-17-14-47/h7-12,19-21,34-37,39H,13-18,22H2,1-6H3,(H2,43,45,46,53)/t34?,35?,36?,37?,39-/m1/s1. The number of amides is 2. The second-order valence-corrected chi connectivity index (χ2v) is 16.4. The van der Waals surface area contributed by atoms with Crippen LogP contribution in [0, 0.1) is 0 Å². The Morgan fingerprint density at radius 1 is 0.889 bits per heavy atom. The first kappa shape index (κ1) is 44.9. The van der Waals surface area contributed by atoms with Crippen molar-refractivity contribution in [3.8, 4) is 17.0 Å². The highest BCUT2D eigenvalue weighted by Gasteiger charge is 2.55. The molecule has 2 aliphatic rings. The molecule has 21 heteroatoms. The number of urea groups is 1. The number of methoxy groups -OCH3 is 1. The molecule has 2 amide bonds. The average molecular weight is 893 g/mol. The summed E-state index contributed by atoms with van der Waals surface area (Å²) in [5, 5.41) is 9.40. The Labute approximate surface area is 364 Å². The summed E-state index contributed by atoms with van der Waals surface area (Å²) >= 11 is 1.58. The first-order valence-corrected chi connectivity index (χ1v) is 20.9. The Kier molecular flexibility index (Phi) is 13.9. The fraction of sp³-hybridized carbons (Fsp3) is 0.452. The minimum atomic E-state index is -1.62. The molecule has 3 aromatic heterocycles. The van der Waals surface area contributed by atoms with Crippen LogP contribution in [0.5, 0.6) is 5.75 Å². The number of anilines is 2. The number of morpholine rings is 1. The van der Waals surface area contributed by atoms with Gasteiger partial charge in [-0.05, 0) is 30.3 Å².